The second kappa shape index (κ2) is 7.60. The zero-order valence-corrected chi connectivity index (χ0v) is 14.2. The molecule has 0 bridgehead atoms. The number of hydrogen-bond acceptors (Lipinski definition) is 2. The smallest absolute Gasteiger partial charge is 0.184 e. The summed E-state index contributed by atoms with van der Waals surface area (Å²) in [6.07, 6.45) is 1.35. The van der Waals surface area contributed by atoms with E-state index in [1.54, 1.807) is 24.3 Å². The van der Waals surface area contributed by atoms with E-state index >= 15 is 0 Å². The van der Waals surface area contributed by atoms with Crippen molar-refractivity contribution in [3.63, 3.8) is 0 Å². The number of rotatable bonds is 4. The number of hydrogen-bond donors (Lipinski definition) is 0. The van der Waals surface area contributed by atoms with Crippen LogP contribution in [0.25, 0.3) is 11.1 Å². The van der Waals surface area contributed by atoms with Crippen molar-refractivity contribution in [1.29, 1.82) is 0 Å². The van der Waals surface area contributed by atoms with E-state index in [-0.39, 0.29) is 5.56 Å². The largest absolute Gasteiger partial charge is 0.348 e. The maximum atomic E-state index is 14.5. The summed E-state index contributed by atoms with van der Waals surface area (Å²) in [5.74, 6) is -0.945. The average Bonchev–Trinajstić information content (AvgIpc) is 2.57. The topological polar surface area (TPSA) is 18.5 Å². The molecule has 1 heterocycles. The maximum Gasteiger partial charge on any atom is 0.184 e. The lowest BCUT2D eigenvalue weighted by Crippen LogP contribution is -2.27. The van der Waals surface area contributed by atoms with Gasteiger partial charge in [0.1, 0.15) is 11.6 Å². The van der Waals surface area contributed by atoms with Gasteiger partial charge < -0.3 is 9.47 Å². The van der Waals surface area contributed by atoms with E-state index in [0.29, 0.717) is 35.3 Å². The molecule has 2 aromatic rings. The zero-order valence-electron chi connectivity index (χ0n) is 13.4. The summed E-state index contributed by atoms with van der Waals surface area (Å²) in [7, 11) is 0. The molecule has 5 heteroatoms. The zero-order chi connectivity index (χ0) is 17.1. The molecule has 128 valence electrons. The van der Waals surface area contributed by atoms with Crippen LogP contribution in [0.3, 0.4) is 0 Å². The van der Waals surface area contributed by atoms with Crippen LogP contribution in [0, 0.1) is 17.6 Å². The van der Waals surface area contributed by atoms with E-state index < -0.39 is 17.9 Å². The highest BCUT2D eigenvalue weighted by Gasteiger charge is 2.25. The summed E-state index contributed by atoms with van der Waals surface area (Å²) >= 11 is 5.82. The normalized spacial score (nSPS) is 21.0. The Kier molecular flexibility index (Phi) is 5.49. The van der Waals surface area contributed by atoms with Crippen LogP contribution in [0.2, 0.25) is 5.02 Å². The standard InChI is InChI=1S/C19H19ClF2O2/c1-2-3-12-10-23-19(24-11-12)14-8-16(21)18(17(22)9-14)13-4-6-15(20)7-5-13/h4-9,12,19H,2-3,10-11H2,1H3. The highest BCUT2D eigenvalue weighted by Crippen LogP contribution is 2.33. The second-order valence-electron chi connectivity index (χ2n) is 6.02. The average molecular weight is 353 g/mol. The Bertz CT molecular complexity index is 672. The molecule has 0 amide bonds. The third-order valence-corrected chi connectivity index (χ3v) is 4.39. The van der Waals surface area contributed by atoms with Gasteiger partial charge in [-0.05, 0) is 36.2 Å². The summed E-state index contributed by atoms with van der Waals surface area (Å²) in [6.45, 7) is 3.19. The molecular weight excluding hydrogens is 334 g/mol. The fourth-order valence-corrected chi connectivity index (χ4v) is 3.06. The molecule has 1 aliphatic heterocycles. The van der Waals surface area contributed by atoms with Crippen LogP contribution < -0.4 is 0 Å². The third-order valence-electron chi connectivity index (χ3n) is 4.13. The van der Waals surface area contributed by atoms with Gasteiger partial charge in [-0.3, -0.25) is 0 Å². The fraction of sp³-hybridized carbons (Fsp3) is 0.368. The first-order valence-electron chi connectivity index (χ1n) is 8.06. The minimum atomic E-state index is -0.721. The van der Waals surface area contributed by atoms with Crippen LogP contribution in [-0.4, -0.2) is 13.2 Å². The van der Waals surface area contributed by atoms with Crippen molar-refractivity contribution >= 4 is 11.6 Å². The van der Waals surface area contributed by atoms with Crippen molar-refractivity contribution in [3.8, 4) is 11.1 Å². The van der Waals surface area contributed by atoms with Crippen molar-refractivity contribution in [2.75, 3.05) is 13.2 Å². The molecule has 24 heavy (non-hydrogen) atoms. The summed E-state index contributed by atoms with van der Waals surface area (Å²) in [6, 6.07) is 8.93. The molecule has 0 N–H and O–H groups in total. The highest BCUT2D eigenvalue weighted by atomic mass is 35.5. The van der Waals surface area contributed by atoms with Crippen LogP contribution in [0.15, 0.2) is 36.4 Å². The van der Waals surface area contributed by atoms with Crippen molar-refractivity contribution in [2.45, 2.75) is 26.1 Å². The molecule has 0 aliphatic carbocycles. The van der Waals surface area contributed by atoms with Gasteiger partial charge in [-0.25, -0.2) is 8.78 Å². The minimum absolute atomic E-state index is 0.0740. The molecular formula is C19H19ClF2O2. The summed E-state index contributed by atoms with van der Waals surface area (Å²) in [5, 5.41) is 0.516. The van der Waals surface area contributed by atoms with Crippen LogP contribution in [-0.2, 0) is 9.47 Å². The molecule has 0 saturated carbocycles. The van der Waals surface area contributed by atoms with Crippen LogP contribution >= 0.6 is 11.6 Å². The first-order valence-corrected chi connectivity index (χ1v) is 8.44. The molecule has 0 unspecified atom stereocenters. The van der Waals surface area contributed by atoms with Crippen molar-refractivity contribution < 1.29 is 18.3 Å². The second-order valence-corrected chi connectivity index (χ2v) is 6.46. The molecule has 3 rings (SSSR count). The van der Waals surface area contributed by atoms with E-state index in [4.69, 9.17) is 21.1 Å². The molecule has 0 atom stereocenters. The summed E-state index contributed by atoms with van der Waals surface area (Å²) in [5.41, 5.74) is 0.724. The summed E-state index contributed by atoms with van der Waals surface area (Å²) in [4.78, 5) is 0. The SMILES string of the molecule is CCCC1COC(c2cc(F)c(-c3ccc(Cl)cc3)c(F)c2)OC1. The van der Waals surface area contributed by atoms with Gasteiger partial charge in [-0.15, -0.1) is 0 Å². The van der Waals surface area contributed by atoms with Gasteiger partial charge in [-0.2, -0.15) is 0 Å². The predicted molar refractivity (Wildman–Crippen MR) is 89.8 cm³/mol. The van der Waals surface area contributed by atoms with E-state index in [1.807, 2.05) is 0 Å². The Morgan fingerprint density at radius 1 is 1.04 bits per heavy atom. The first kappa shape index (κ1) is 17.3. The Balaban J connectivity index is 1.81. The van der Waals surface area contributed by atoms with Gasteiger partial charge in [0, 0.05) is 16.5 Å². The Morgan fingerprint density at radius 3 is 2.17 bits per heavy atom. The predicted octanol–water partition coefficient (Wildman–Crippen LogP) is 5.75. The van der Waals surface area contributed by atoms with Crippen LogP contribution in [0.4, 0.5) is 8.78 Å². The molecule has 2 aromatic carbocycles. The third kappa shape index (κ3) is 3.77. The lowest BCUT2D eigenvalue weighted by molar-refractivity contribution is -0.206. The fourth-order valence-electron chi connectivity index (χ4n) is 2.93. The van der Waals surface area contributed by atoms with Gasteiger partial charge in [-0.1, -0.05) is 37.1 Å². The van der Waals surface area contributed by atoms with E-state index in [0.717, 1.165) is 12.8 Å². The highest BCUT2D eigenvalue weighted by molar-refractivity contribution is 6.30. The molecule has 2 nitrogen and oxygen atoms in total. The lowest BCUT2D eigenvalue weighted by Gasteiger charge is -2.29. The molecule has 1 aliphatic rings. The molecule has 0 radical (unpaired) electrons. The van der Waals surface area contributed by atoms with E-state index in [9.17, 15) is 8.78 Å². The Morgan fingerprint density at radius 2 is 1.62 bits per heavy atom. The molecule has 0 aromatic heterocycles. The van der Waals surface area contributed by atoms with Gasteiger partial charge in [0.05, 0.1) is 18.8 Å². The number of ether oxygens (including phenoxy) is 2. The maximum absolute atomic E-state index is 14.5. The first-order chi connectivity index (χ1) is 11.6. The van der Waals surface area contributed by atoms with E-state index in [2.05, 4.69) is 6.92 Å². The monoisotopic (exact) mass is 352 g/mol. The van der Waals surface area contributed by atoms with Crippen LogP contribution in [0.1, 0.15) is 31.6 Å². The van der Waals surface area contributed by atoms with Gasteiger partial charge in [0.2, 0.25) is 0 Å². The number of benzene rings is 2. The van der Waals surface area contributed by atoms with Gasteiger partial charge in [0.25, 0.3) is 0 Å². The van der Waals surface area contributed by atoms with Gasteiger partial charge in [0.15, 0.2) is 6.29 Å². The molecule has 0 spiro atoms. The Labute approximate surface area is 145 Å². The van der Waals surface area contributed by atoms with Gasteiger partial charge >= 0.3 is 0 Å². The Hall–Kier alpha value is -1.49. The molecule has 1 saturated heterocycles. The quantitative estimate of drug-likeness (QED) is 0.697. The van der Waals surface area contributed by atoms with Crippen molar-refractivity contribution in [3.05, 3.63) is 58.6 Å². The minimum Gasteiger partial charge on any atom is -0.348 e. The van der Waals surface area contributed by atoms with E-state index in [1.165, 1.54) is 12.1 Å². The lowest BCUT2D eigenvalue weighted by atomic mass is 10.0. The van der Waals surface area contributed by atoms with Crippen molar-refractivity contribution in [1.82, 2.24) is 0 Å². The summed E-state index contributed by atoms with van der Waals surface area (Å²) < 4.78 is 40.2. The molecule has 1 fully saturated rings. The van der Waals surface area contributed by atoms with Crippen molar-refractivity contribution in [2.24, 2.45) is 5.92 Å². The van der Waals surface area contributed by atoms with Crippen LogP contribution in [0.5, 0.6) is 0 Å². The number of halogens is 3.